The van der Waals surface area contributed by atoms with E-state index in [2.05, 4.69) is 20.2 Å². The molecule has 0 unspecified atom stereocenters. The molecule has 3 aromatic rings. The highest BCUT2D eigenvalue weighted by Crippen LogP contribution is 2.24. The van der Waals surface area contributed by atoms with Crippen LogP contribution in [0.4, 0.5) is 0 Å². The van der Waals surface area contributed by atoms with Crippen LogP contribution >= 0.6 is 0 Å². The molecule has 4 rings (SSSR count). The lowest BCUT2D eigenvalue weighted by molar-refractivity contribution is -0.156. The summed E-state index contributed by atoms with van der Waals surface area (Å²) in [6, 6.07) is 9.60. The van der Waals surface area contributed by atoms with Crippen molar-refractivity contribution >= 4 is 40.8 Å². The fraction of sp³-hybridized carbons (Fsp3) is 0.217. The van der Waals surface area contributed by atoms with Gasteiger partial charge in [0.1, 0.15) is 23.7 Å². The van der Waals surface area contributed by atoms with Crippen molar-refractivity contribution in [1.82, 2.24) is 20.1 Å². The van der Waals surface area contributed by atoms with Gasteiger partial charge in [0.25, 0.3) is 5.91 Å². The Hall–Kier alpha value is -3.94. The number of aromatic nitrogens is 3. The van der Waals surface area contributed by atoms with Gasteiger partial charge in [-0.15, -0.1) is 0 Å². The highest BCUT2D eigenvalue weighted by Gasteiger charge is 2.32. The zero-order valence-electron chi connectivity index (χ0n) is 17.5. The third kappa shape index (κ3) is 4.63. The minimum absolute atomic E-state index is 0.229. The molecule has 0 saturated carbocycles. The Bertz CT molecular complexity index is 1210. The molecule has 8 nitrogen and oxygen atoms in total. The molecule has 0 spiro atoms. The van der Waals surface area contributed by atoms with E-state index in [1.165, 1.54) is 4.90 Å². The largest absolute Gasteiger partial charge is 0.459 e. The zero-order valence-corrected chi connectivity index (χ0v) is 17.5. The molecule has 0 aliphatic carbocycles. The number of rotatable bonds is 5. The van der Waals surface area contributed by atoms with E-state index in [0.717, 1.165) is 22.2 Å². The highest BCUT2D eigenvalue weighted by atomic mass is 16.6. The van der Waals surface area contributed by atoms with Crippen molar-refractivity contribution in [2.24, 2.45) is 4.99 Å². The molecule has 2 aromatic heterocycles. The first-order chi connectivity index (χ1) is 14.8. The Morgan fingerprint density at radius 3 is 2.74 bits per heavy atom. The van der Waals surface area contributed by atoms with Gasteiger partial charge in [-0.2, -0.15) is 5.10 Å². The van der Waals surface area contributed by atoms with Crippen molar-refractivity contribution in [2.45, 2.75) is 26.4 Å². The van der Waals surface area contributed by atoms with Crippen LogP contribution in [-0.4, -0.2) is 49.9 Å². The van der Waals surface area contributed by atoms with E-state index in [9.17, 15) is 9.59 Å². The Labute approximate surface area is 179 Å². The number of hydrogen-bond acceptors (Lipinski definition) is 5. The van der Waals surface area contributed by atoms with Gasteiger partial charge in [0.15, 0.2) is 0 Å². The molecule has 1 aromatic carbocycles. The fourth-order valence-electron chi connectivity index (χ4n) is 3.24. The van der Waals surface area contributed by atoms with Gasteiger partial charge in [-0.25, -0.2) is 4.99 Å². The number of aromatic amines is 2. The van der Waals surface area contributed by atoms with E-state index in [1.807, 2.05) is 30.5 Å². The minimum Gasteiger partial charge on any atom is -0.459 e. The number of para-hydroxylation sites is 1. The summed E-state index contributed by atoms with van der Waals surface area (Å²) in [6.07, 6.45) is 8.60. The Kier molecular flexibility index (Phi) is 5.29. The van der Waals surface area contributed by atoms with Crippen LogP contribution in [0, 0.1) is 0 Å². The lowest BCUT2D eigenvalue weighted by Gasteiger charge is -2.22. The summed E-state index contributed by atoms with van der Waals surface area (Å²) < 4.78 is 5.39. The molecule has 31 heavy (non-hydrogen) atoms. The number of nitrogens with zero attached hydrogens (tertiary/aromatic N) is 3. The van der Waals surface area contributed by atoms with Gasteiger partial charge in [-0.05, 0) is 51.1 Å². The second-order valence-corrected chi connectivity index (χ2v) is 8.11. The molecule has 1 aliphatic heterocycles. The Morgan fingerprint density at radius 1 is 1.19 bits per heavy atom. The number of hydrogen-bond donors (Lipinski definition) is 2. The average molecular weight is 417 g/mol. The monoisotopic (exact) mass is 417 g/mol. The standard InChI is InChI=1S/C23H23N5O3/c1-23(2,3)31-21(29)14-28-20(9-8-16-10-11-25-27-16)26-19(22(28)30)12-15-13-24-18-7-5-4-6-17(15)18/h4-13,24H,14H2,1-3H3,(H,25,27)/b9-8+,19-12-. The summed E-state index contributed by atoms with van der Waals surface area (Å²) in [5.41, 5.74) is 2.16. The van der Waals surface area contributed by atoms with Crippen molar-refractivity contribution in [1.29, 1.82) is 0 Å². The number of amides is 1. The average Bonchev–Trinajstić information content (AvgIpc) is 3.42. The second kappa shape index (κ2) is 8.06. The van der Waals surface area contributed by atoms with Gasteiger partial charge in [-0.1, -0.05) is 18.2 Å². The maximum absolute atomic E-state index is 13.1. The van der Waals surface area contributed by atoms with Crippen LogP contribution in [0.25, 0.3) is 23.1 Å². The van der Waals surface area contributed by atoms with E-state index < -0.39 is 11.6 Å². The van der Waals surface area contributed by atoms with Gasteiger partial charge in [0, 0.05) is 28.9 Å². The van der Waals surface area contributed by atoms with Crippen molar-refractivity contribution in [3.05, 3.63) is 65.8 Å². The fourth-order valence-corrected chi connectivity index (χ4v) is 3.24. The molecule has 2 N–H and O–H groups in total. The molecule has 0 atom stereocenters. The van der Waals surface area contributed by atoms with Crippen molar-refractivity contribution in [3.63, 3.8) is 0 Å². The molecule has 3 heterocycles. The maximum Gasteiger partial charge on any atom is 0.326 e. The maximum atomic E-state index is 13.1. The third-order valence-electron chi connectivity index (χ3n) is 4.53. The van der Waals surface area contributed by atoms with Crippen molar-refractivity contribution in [3.8, 4) is 0 Å². The van der Waals surface area contributed by atoms with E-state index in [-0.39, 0.29) is 18.1 Å². The lowest BCUT2D eigenvalue weighted by atomic mass is 10.1. The molecule has 1 amide bonds. The van der Waals surface area contributed by atoms with E-state index >= 15 is 0 Å². The lowest BCUT2D eigenvalue weighted by Crippen LogP contribution is -2.39. The zero-order chi connectivity index (χ0) is 22.0. The molecule has 0 saturated heterocycles. The van der Waals surface area contributed by atoms with E-state index in [0.29, 0.717) is 5.84 Å². The summed E-state index contributed by atoms with van der Waals surface area (Å²) in [5.74, 6) is -0.506. The van der Waals surface area contributed by atoms with Crippen LogP contribution in [-0.2, 0) is 14.3 Å². The summed E-state index contributed by atoms with van der Waals surface area (Å²) in [4.78, 5) is 34.5. The molecule has 0 radical (unpaired) electrons. The number of benzene rings is 1. The number of nitrogens with one attached hydrogen (secondary N) is 2. The smallest absolute Gasteiger partial charge is 0.326 e. The first-order valence-corrected chi connectivity index (χ1v) is 9.88. The molecular weight excluding hydrogens is 394 g/mol. The van der Waals surface area contributed by atoms with E-state index in [1.54, 1.807) is 51.3 Å². The van der Waals surface area contributed by atoms with E-state index in [4.69, 9.17) is 4.74 Å². The number of amidine groups is 1. The molecule has 8 heteroatoms. The number of carbonyl (C=O) groups excluding carboxylic acids is 2. The van der Waals surface area contributed by atoms with Crippen LogP contribution in [0.1, 0.15) is 32.0 Å². The first-order valence-electron chi connectivity index (χ1n) is 9.88. The summed E-state index contributed by atoms with van der Waals surface area (Å²) in [6.45, 7) is 5.12. The molecule has 0 bridgehead atoms. The van der Waals surface area contributed by atoms with Gasteiger partial charge in [-0.3, -0.25) is 19.6 Å². The number of fused-ring (bicyclic) bond motifs is 1. The number of carbonyl (C=O) groups is 2. The van der Waals surface area contributed by atoms with Crippen LogP contribution < -0.4 is 0 Å². The summed E-state index contributed by atoms with van der Waals surface area (Å²) in [5, 5.41) is 7.70. The topological polar surface area (TPSA) is 103 Å². The van der Waals surface area contributed by atoms with Gasteiger partial charge in [0.05, 0.1) is 5.69 Å². The number of H-pyrrole nitrogens is 2. The quantitative estimate of drug-likeness (QED) is 0.490. The second-order valence-electron chi connectivity index (χ2n) is 8.11. The van der Waals surface area contributed by atoms with Crippen LogP contribution in [0.15, 0.2) is 59.5 Å². The Balaban J connectivity index is 1.66. The number of aliphatic imine (C=N–C) groups is 1. The number of ether oxygens (including phenoxy) is 1. The van der Waals surface area contributed by atoms with Gasteiger partial charge in [0.2, 0.25) is 0 Å². The summed E-state index contributed by atoms with van der Waals surface area (Å²) in [7, 11) is 0. The molecular formula is C23H23N5O3. The van der Waals surface area contributed by atoms with Gasteiger partial charge >= 0.3 is 5.97 Å². The van der Waals surface area contributed by atoms with Gasteiger partial charge < -0.3 is 9.72 Å². The predicted octanol–water partition coefficient (Wildman–Crippen LogP) is 3.53. The van der Waals surface area contributed by atoms with Crippen LogP contribution in [0.5, 0.6) is 0 Å². The van der Waals surface area contributed by atoms with Crippen molar-refractivity contribution in [2.75, 3.05) is 6.54 Å². The first kappa shape index (κ1) is 20.3. The molecule has 1 aliphatic rings. The SMILES string of the molecule is CC(C)(C)OC(=O)CN1C(=O)/C(=C/c2c[nH]c3ccccc23)N=C1/C=C/c1ccn[nH]1. The van der Waals surface area contributed by atoms with Crippen molar-refractivity contribution < 1.29 is 14.3 Å². The molecule has 158 valence electrons. The molecule has 0 fully saturated rings. The third-order valence-corrected chi connectivity index (χ3v) is 4.53. The highest BCUT2D eigenvalue weighted by molar-refractivity contribution is 6.20. The summed E-state index contributed by atoms with van der Waals surface area (Å²) >= 11 is 0. The van der Waals surface area contributed by atoms with Crippen LogP contribution in [0.2, 0.25) is 0 Å². The minimum atomic E-state index is -0.647. The number of esters is 1. The predicted molar refractivity (Wildman–Crippen MR) is 119 cm³/mol. The normalized spacial score (nSPS) is 16.0. The Morgan fingerprint density at radius 2 is 2.00 bits per heavy atom. The van der Waals surface area contributed by atoms with Crippen LogP contribution in [0.3, 0.4) is 0 Å².